The quantitative estimate of drug-likeness (QED) is 0.0936. The molecule has 2 aromatic carbocycles. The van der Waals surface area contributed by atoms with Crippen molar-refractivity contribution in [3.8, 4) is 5.75 Å². The topological polar surface area (TPSA) is 107 Å². The van der Waals surface area contributed by atoms with Crippen LogP contribution < -0.4 is 4.74 Å². The van der Waals surface area contributed by atoms with Crippen molar-refractivity contribution in [2.75, 3.05) is 6.61 Å². The van der Waals surface area contributed by atoms with Gasteiger partial charge in [-0.1, -0.05) is 69.9 Å². The number of rotatable bonds is 9. The third-order valence-corrected chi connectivity index (χ3v) is 10.7. The third-order valence-electron chi connectivity index (χ3n) is 9.79. The molecule has 3 aliphatic carbocycles. The Morgan fingerprint density at radius 3 is 1.57 bits per heavy atom. The van der Waals surface area contributed by atoms with Gasteiger partial charge in [0.05, 0.1) is 12.0 Å². The van der Waals surface area contributed by atoms with E-state index in [4.69, 9.17) is 9.29 Å². The van der Waals surface area contributed by atoms with Gasteiger partial charge in [-0.05, 0) is 73.0 Å². The molecule has 3 aliphatic rings. The lowest BCUT2D eigenvalue weighted by atomic mass is 9.73. The van der Waals surface area contributed by atoms with Crippen LogP contribution in [0.1, 0.15) is 148 Å². The van der Waals surface area contributed by atoms with E-state index in [0.29, 0.717) is 11.5 Å². The van der Waals surface area contributed by atoms with E-state index in [9.17, 15) is 35.6 Å². The van der Waals surface area contributed by atoms with Gasteiger partial charge in [0, 0.05) is 0 Å². The molecule has 0 aliphatic heterocycles. The first kappa shape index (κ1) is 34.3. The second-order valence-corrected chi connectivity index (χ2v) is 14.2. The van der Waals surface area contributed by atoms with E-state index < -0.39 is 69.0 Å². The van der Waals surface area contributed by atoms with Crippen LogP contribution in [0.2, 0.25) is 0 Å². The molecule has 252 valence electrons. The van der Waals surface area contributed by atoms with Crippen molar-refractivity contribution in [1.29, 1.82) is 0 Å². The highest BCUT2D eigenvalue weighted by molar-refractivity contribution is 7.85. The maximum absolute atomic E-state index is 14.4. The average Bonchev–Trinajstić information content (AvgIpc) is 3.06. The van der Waals surface area contributed by atoms with Crippen molar-refractivity contribution >= 4 is 22.1 Å². The predicted molar refractivity (Wildman–Crippen MR) is 161 cm³/mol. The van der Waals surface area contributed by atoms with Crippen molar-refractivity contribution in [2.45, 2.75) is 125 Å². The van der Waals surface area contributed by atoms with Gasteiger partial charge >= 0.3 is 22.1 Å². The molecule has 3 fully saturated rings. The Bertz CT molecular complexity index is 1490. The van der Waals surface area contributed by atoms with Gasteiger partial charge in [-0.3, -0.25) is 9.35 Å². The molecule has 12 heteroatoms. The van der Waals surface area contributed by atoms with Crippen molar-refractivity contribution in [1.82, 2.24) is 0 Å². The zero-order chi connectivity index (χ0) is 33.0. The van der Waals surface area contributed by atoms with E-state index in [0.717, 1.165) is 88.2 Å². The Hall–Kier alpha value is -2.99. The smallest absolute Gasteiger partial charge is 0.338 e. The van der Waals surface area contributed by atoms with Gasteiger partial charge in [0.1, 0.15) is 6.61 Å². The molecule has 0 saturated heterocycles. The fourth-order valence-electron chi connectivity index (χ4n) is 7.46. The minimum atomic E-state index is -5.67. The standard InChI is InChI=1S/C34H40F4O7S/c35-28-30(37)33(46(41,42)43)31(38)29(36)32(28)45-26(39)16-17-44-34(40)27-24(21-12-6-2-7-13-21)18-23(20-10-4-1-5-11-20)19-25(27)22-14-8-3-9-15-22/h18-22H,1-17H2,(H,41,42,43). The van der Waals surface area contributed by atoms with Crippen LogP contribution in [0.3, 0.4) is 0 Å². The molecular weight excluding hydrogens is 628 g/mol. The van der Waals surface area contributed by atoms with Gasteiger partial charge in [-0.2, -0.15) is 17.2 Å². The van der Waals surface area contributed by atoms with E-state index in [1.807, 2.05) is 0 Å². The first-order valence-electron chi connectivity index (χ1n) is 16.4. The Morgan fingerprint density at radius 2 is 1.13 bits per heavy atom. The highest BCUT2D eigenvalue weighted by atomic mass is 32.2. The van der Waals surface area contributed by atoms with Gasteiger partial charge in [-0.25, -0.2) is 13.6 Å². The summed E-state index contributed by atoms with van der Waals surface area (Å²) >= 11 is 0. The third kappa shape index (κ3) is 7.59. The SMILES string of the molecule is O=C(CCOC(=O)c1c(C2CCCCC2)cc(C2CCCCC2)cc1C1CCCCC1)Oc1c(F)c(F)c(S(=O)(=O)O)c(F)c1F. The van der Waals surface area contributed by atoms with Crippen molar-refractivity contribution < 1.29 is 49.6 Å². The zero-order valence-corrected chi connectivity index (χ0v) is 26.5. The Morgan fingerprint density at radius 1 is 0.696 bits per heavy atom. The van der Waals surface area contributed by atoms with Crippen LogP contribution in [0.4, 0.5) is 17.6 Å². The normalized spacial score (nSPS) is 18.8. The molecular formula is C34H40F4O7S. The van der Waals surface area contributed by atoms with E-state index in [2.05, 4.69) is 16.9 Å². The number of hydrogen-bond donors (Lipinski definition) is 1. The second kappa shape index (κ2) is 14.8. The van der Waals surface area contributed by atoms with Crippen molar-refractivity contribution in [3.05, 3.63) is 57.7 Å². The largest absolute Gasteiger partial charge is 0.461 e. The Kier molecular flexibility index (Phi) is 11.1. The van der Waals surface area contributed by atoms with Gasteiger partial charge < -0.3 is 9.47 Å². The number of carbonyl (C=O) groups excluding carboxylic acids is 2. The van der Waals surface area contributed by atoms with Crippen molar-refractivity contribution in [3.63, 3.8) is 0 Å². The summed E-state index contributed by atoms with van der Waals surface area (Å²) in [5.41, 5.74) is 3.80. The van der Waals surface area contributed by atoms with Gasteiger partial charge in [0.15, 0.2) is 16.5 Å². The molecule has 0 heterocycles. The van der Waals surface area contributed by atoms with E-state index in [-0.39, 0.29) is 11.8 Å². The maximum atomic E-state index is 14.4. The summed E-state index contributed by atoms with van der Waals surface area (Å²) in [5, 5.41) is 0. The number of benzene rings is 2. The fourth-order valence-corrected chi connectivity index (χ4v) is 8.09. The van der Waals surface area contributed by atoms with Crippen LogP contribution in [-0.4, -0.2) is 31.5 Å². The summed E-state index contributed by atoms with van der Waals surface area (Å²) in [6.07, 6.45) is 15.5. The van der Waals surface area contributed by atoms with Crippen LogP contribution in [0.25, 0.3) is 0 Å². The lowest BCUT2D eigenvalue weighted by Gasteiger charge is -2.32. The average molecular weight is 669 g/mol. The molecule has 3 saturated carbocycles. The van der Waals surface area contributed by atoms with Gasteiger partial charge in [0.2, 0.25) is 17.4 Å². The maximum Gasteiger partial charge on any atom is 0.338 e. The minimum absolute atomic E-state index is 0.202. The van der Waals surface area contributed by atoms with Crippen LogP contribution in [-0.2, 0) is 19.6 Å². The molecule has 5 rings (SSSR count). The molecule has 0 amide bonds. The number of carbonyl (C=O) groups is 2. The molecule has 0 spiro atoms. The second-order valence-electron chi connectivity index (χ2n) is 12.8. The molecule has 0 aromatic heterocycles. The molecule has 0 radical (unpaired) electrons. The molecule has 0 bridgehead atoms. The summed E-state index contributed by atoms with van der Waals surface area (Å²) in [6.45, 7) is -0.534. The van der Waals surface area contributed by atoms with Crippen molar-refractivity contribution in [2.24, 2.45) is 0 Å². The summed E-state index contributed by atoms with van der Waals surface area (Å²) in [5.74, 6) is -12.5. The Balaban J connectivity index is 1.38. The van der Waals surface area contributed by atoms with Gasteiger partial charge in [-0.15, -0.1) is 0 Å². The molecule has 2 aromatic rings. The highest BCUT2D eigenvalue weighted by Gasteiger charge is 2.35. The van der Waals surface area contributed by atoms with E-state index in [1.165, 1.54) is 24.8 Å². The van der Waals surface area contributed by atoms with Crippen LogP contribution in [0.5, 0.6) is 5.75 Å². The summed E-state index contributed by atoms with van der Waals surface area (Å²) in [6, 6.07) is 4.40. The Labute approximate surface area is 266 Å². The van der Waals surface area contributed by atoms with Gasteiger partial charge in [0.25, 0.3) is 0 Å². The van der Waals surface area contributed by atoms with E-state index >= 15 is 0 Å². The lowest BCUT2D eigenvalue weighted by Crippen LogP contribution is -2.21. The molecule has 0 atom stereocenters. The number of hydrogen-bond acceptors (Lipinski definition) is 6. The lowest BCUT2D eigenvalue weighted by molar-refractivity contribution is -0.135. The van der Waals surface area contributed by atoms with Crippen LogP contribution >= 0.6 is 0 Å². The minimum Gasteiger partial charge on any atom is -0.461 e. The number of ether oxygens (including phenoxy) is 2. The number of esters is 2. The molecule has 46 heavy (non-hydrogen) atoms. The molecule has 0 unspecified atom stereocenters. The fraction of sp³-hybridized carbons (Fsp3) is 0.588. The number of halogens is 4. The molecule has 1 N–H and O–H groups in total. The van der Waals surface area contributed by atoms with Crippen LogP contribution in [0, 0.1) is 23.3 Å². The van der Waals surface area contributed by atoms with Crippen LogP contribution in [0.15, 0.2) is 17.0 Å². The molecule has 7 nitrogen and oxygen atoms in total. The monoisotopic (exact) mass is 668 g/mol. The first-order valence-corrected chi connectivity index (χ1v) is 17.8. The first-order chi connectivity index (χ1) is 22.0. The highest BCUT2D eigenvalue weighted by Crippen LogP contribution is 2.44. The predicted octanol–water partition coefficient (Wildman–Crippen LogP) is 8.79. The summed E-state index contributed by atoms with van der Waals surface area (Å²) in [7, 11) is -5.67. The summed E-state index contributed by atoms with van der Waals surface area (Å²) < 4.78 is 98.3. The zero-order valence-electron chi connectivity index (χ0n) is 25.7. The summed E-state index contributed by atoms with van der Waals surface area (Å²) in [4.78, 5) is 24.0. The van der Waals surface area contributed by atoms with E-state index in [1.54, 1.807) is 0 Å².